The number of anilines is 1. The number of pyridine rings is 1. The highest BCUT2D eigenvalue weighted by molar-refractivity contribution is 5.49. The van der Waals surface area contributed by atoms with E-state index in [9.17, 15) is 5.11 Å². The maximum absolute atomic E-state index is 9.34. The van der Waals surface area contributed by atoms with Gasteiger partial charge in [-0.1, -0.05) is 0 Å². The van der Waals surface area contributed by atoms with E-state index >= 15 is 0 Å². The summed E-state index contributed by atoms with van der Waals surface area (Å²) < 4.78 is 0. The Kier molecular flexibility index (Phi) is 4.36. The van der Waals surface area contributed by atoms with Crippen LogP contribution in [0.5, 0.6) is 5.75 Å². The number of aromatic nitrogens is 1. The minimum absolute atomic E-state index is 0.328. The number of phenolic OH excluding ortho intramolecular Hbond substituents is 1. The van der Waals surface area contributed by atoms with E-state index in [0.29, 0.717) is 5.75 Å². The Labute approximate surface area is 125 Å². The van der Waals surface area contributed by atoms with Crippen molar-refractivity contribution in [2.24, 2.45) is 0 Å². The maximum atomic E-state index is 9.34. The van der Waals surface area contributed by atoms with Crippen molar-refractivity contribution in [3.05, 3.63) is 54.4 Å². The molecule has 0 radical (unpaired) electrons. The summed E-state index contributed by atoms with van der Waals surface area (Å²) in [6.07, 6.45) is 4.80. The Bertz CT molecular complexity index is 548. The molecule has 1 N–H and O–H groups in total. The lowest BCUT2D eigenvalue weighted by atomic mass is 10.2. The Balaban J connectivity index is 1.48. The van der Waals surface area contributed by atoms with E-state index in [2.05, 4.69) is 26.9 Å². The summed E-state index contributed by atoms with van der Waals surface area (Å²) in [6.45, 7) is 5.37. The molecule has 1 saturated heterocycles. The molecule has 0 amide bonds. The van der Waals surface area contributed by atoms with Crippen LogP contribution in [0.3, 0.4) is 0 Å². The number of benzene rings is 1. The van der Waals surface area contributed by atoms with Crippen molar-refractivity contribution in [2.45, 2.75) is 6.42 Å². The number of nitrogens with zero attached hydrogens (tertiary/aromatic N) is 3. The van der Waals surface area contributed by atoms with Crippen LogP contribution in [0.15, 0.2) is 48.8 Å². The number of aromatic hydroxyl groups is 1. The molecule has 110 valence electrons. The summed E-state index contributed by atoms with van der Waals surface area (Å²) in [5.74, 6) is 0.328. The van der Waals surface area contributed by atoms with Crippen molar-refractivity contribution < 1.29 is 5.11 Å². The largest absolute Gasteiger partial charge is 0.508 e. The lowest BCUT2D eigenvalue weighted by Gasteiger charge is -2.36. The molecule has 0 spiro atoms. The average Bonchev–Trinajstić information content (AvgIpc) is 2.55. The van der Waals surface area contributed by atoms with Gasteiger partial charge in [0.1, 0.15) is 5.75 Å². The van der Waals surface area contributed by atoms with E-state index in [1.807, 2.05) is 24.5 Å². The first-order valence-electron chi connectivity index (χ1n) is 7.46. The topological polar surface area (TPSA) is 39.6 Å². The van der Waals surface area contributed by atoms with E-state index in [1.165, 1.54) is 11.3 Å². The molecule has 0 saturated carbocycles. The lowest BCUT2D eigenvalue weighted by Crippen LogP contribution is -2.46. The van der Waals surface area contributed by atoms with Gasteiger partial charge in [-0.2, -0.15) is 0 Å². The first-order valence-corrected chi connectivity index (χ1v) is 7.46. The molecule has 1 aliphatic rings. The highest BCUT2D eigenvalue weighted by atomic mass is 16.3. The predicted octanol–water partition coefficient (Wildman–Crippen LogP) is 2.15. The van der Waals surface area contributed by atoms with Crippen LogP contribution in [0, 0.1) is 0 Å². The SMILES string of the molecule is Oc1ccc(N2CCN(CCc3ccncc3)CC2)cc1. The fourth-order valence-electron chi connectivity index (χ4n) is 2.73. The van der Waals surface area contributed by atoms with Crippen LogP contribution in [0.4, 0.5) is 5.69 Å². The fraction of sp³-hybridized carbons (Fsp3) is 0.353. The highest BCUT2D eigenvalue weighted by Crippen LogP contribution is 2.19. The van der Waals surface area contributed by atoms with Crippen LogP contribution in [-0.4, -0.2) is 47.7 Å². The van der Waals surface area contributed by atoms with Gasteiger partial charge in [-0.15, -0.1) is 0 Å². The van der Waals surface area contributed by atoms with Crippen LogP contribution in [0.1, 0.15) is 5.56 Å². The van der Waals surface area contributed by atoms with Crippen molar-refractivity contribution in [3.63, 3.8) is 0 Å². The smallest absolute Gasteiger partial charge is 0.115 e. The molecule has 0 aliphatic carbocycles. The Morgan fingerprint density at radius 1 is 0.905 bits per heavy atom. The van der Waals surface area contributed by atoms with Crippen LogP contribution >= 0.6 is 0 Å². The predicted molar refractivity (Wildman–Crippen MR) is 84.7 cm³/mol. The summed E-state index contributed by atoms with van der Waals surface area (Å²) in [5, 5.41) is 9.34. The standard InChI is InChI=1S/C17H21N3O/c21-17-3-1-16(2-4-17)20-13-11-19(12-14-20)10-7-15-5-8-18-9-6-15/h1-6,8-9,21H,7,10-14H2. The second kappa shape index (κ2) is 6.59. The molecule has 3 rings (SSSR count). The summed E-state index contributed by atoms with van der Waals surface area (Å²) in [6, 6.07) is 11.7. The zero-order valence-corrected chi connectivity index (χ0v) is 12.2. The molecule has 21 heavy (non-hydrogen) atoms. The molecule has 1 fully saturated rings. The van der Waals surface area contributed by atoms with Gasteiger partial charge >= 0.3 is 0 Å². The fourth-order valence-corrected chi connectivity index (χ4v) is 2.73. The monoisotopic (exact) mass is 283 g/mol. The van der Waals surface area contributed by atoms with E-state index < -0.39 is 0 Å². The molecule has 1 aliphatic heterocycles. The molecule has 4 nitrogen and oxygen atoms in total. The van der Waals surface area contributed by atoms with Crippen LogP contribution < -0.4 is 4.90 Å². The maximum Gasteiger partial charge on any atom is 0.115 e. The van der Waals surface area contributed by atoms with Gasteiger partial charge in [0.15, 0.2) is 0 Å². The normalized spacial score (nSPS) is 16.1. The van der Waals surface area contributed by atoms with E-state index in [4.69, 9.17) is 0 Å². The van der Waals surface area contributed by atoms with Crippen molar-refractivity contribution in [3.8, 4) is 5.75 Å². The number of piperazine rings is 1. The van der Waals surface area contributed by atoms with Crippen molar-refractivity contribution in [2.75, 3.05) is 37.6 Å². The Hall–Kier alpha value is -2.07. The van der Waals surface area contributed by atoms with Crippen LogP contribution in [-0.2, 0) is 6.42 Å². The number of hydrogen-bond donors (Lipinski definition) is 1. The Morgan fingerprint density at radius 3 is 2.24 bits per heavy atom. The van der Waals surface area contributed by atoms with Crippen molar-refractivity contribution in [1.82, 2.24) is 9.88 Å². The molecule has 4 heteroatoms. The summed E-state index contributed by atoms with van der Waals surface area (Å²) >= 11 is 0. The minimum atomic E-state index is 0.328. The minimum Gasteiger partial charge on any atom is -0.508 e. The van der Waals surface area contributed by atoms with Crippen molar-refractivity contribution >= 4 is 5.69 Å². The van der Waals surface area contributed by atoms with Gasteiger partial charge < -0.3 is 10.0 Å². The molecule has 0 bridgehead atoms. The van der Waals surface area contributed by atoms with E-state index in [1.54, 1.807) is 12.1 Å². The third-order valence-electron chi connectivity index (χ3n) is 4.05. The molecule has 0 atom stereocenters. The molecular formula is C17H21N3O. The van der Waals surface area contributed by atoms with E-state index in [-0.39, 0.29) is 0 Å². The zero-order chi connectivity index (χ0) is 14.5. The second-order valence-electron chi connectivity index (χ2n) is 5.45. The quantitative estimate of drug-likeness (QED) is 0.933. The van der Waals surface area contributed by atoms with Crippen molar-refractivity contribution in [1.29, 1.82) is 0 Å². The van der Waals surface area contributed by atoms with Crippen LogP contribution in [0.25, 0.3) is 0 Å². The molecule has 0 unspecified atom stereocenters. The summed E-state index contributed by atoms with van der Waals surface area (Å²) in [5.41, 5.74) is 2.55. The molecule has 2 aromatic rings. The van der Waals surface area contributed by atoms with Gasteiger partial charge in [0.2, 0.25) is 0 Å². The van der Waals surface area contributed by atoms with Gasteiger partial charge in [0.05, 0.1) is 0 Å². The van der Waals surface area contributed by atoms with Gasteiger partial charge in [0, 0.05) is 50.8 Å². The summed E-state index contributed by atoms with van der Waals surface area (Å²) in [7, 11) is 0. The number of rotatable bonds is 4. The molecular weight excluding hydrogens is 262 g/mol. The zero-order valence-electron chi connectivity index (χ0n) is 12.2. The second-order valence-corrected chi connectivity index (χ2v) is 5.45. The summed E-state index contributed by atoms with van der Waals surface area (Å²) in [4.78, 5) is 8.94. The Morgan fingerprint density at radius 2 is 1.57 bits per heavy atom. The average molecular weight is 283 g/mol. The van der Waals surface area contributed by atoms with Crippen LogP contribution in [0.2, 0.25) is 0 Å². The van der Waals surface area contributed by atoms with Gasteiger partial charge in [-0.05, 0) is 48.4 Å². The third-order valence-corrected chi connectivity index (χ3v) is 4.05. The number of phenols is 1. The highest BCUT2D eigenvalue weighted by Gasteiger charge is 2.16. The first-order chi connectivity index (χ1) is 10.3. The molecule has 1 aromatic carbocycles. The van der Waals surface area contributed by atoms with Gasteiger partial charge in [-0.25, -0.2) is 0 Å². The van der Waals surface area contributed by atoms with E-state index in [0.717, 1.165) is 39.1 Å². The number of hydrogen-bond acceptors (Lipinski definition) is 4. The van der Waals surface area contributed by atoms with Gasteiger partial charge in [-0.3, -0.25) is 9.88 Å². The lowest BCUT2D eigenvalue weighted by molar-refractivity contribution is 0.261. The molecule has 1 aromatic heterocycles. The third kappa shape index (κ3) is 3.73. The molecule has 2 heterocycles. The first kappa shape index (κ1) is 13.9. The van der Waals surface area contributed by atoms with Gasteiger partial charge in [0.25, 0.3) is 0 Å².